The Kier molecular flexibility index (Phi) is 11.5. The minimum Gasteiger partial charge on any atom is -0.381 e. The van der Waals surface area contributed by atoms with E-state index in [1.165, 1.54) is 18.4 Å². The highest BCUT2D eigenvalue weighted by Gasteiger charge is 2.21. The van der Waals surface area contributed by atoms with Gasteiger partial charge in [0.05, 0.1) is 6.61 Å². The highest BCUT2D eigenvalue weighted by Crippen LogP contribution is 2.22. The summed E-state index contributed by atoms with van der Waals surface area (Å²) >= 11 is 0. The average molecular weight is 369 g/mol. The van der Waals surface area contributed by atoms with E-state index in [1.807, 2.05) is 6.07 Å². The Labute approximate surface area is 158 Å². The Bertz CT molecular complexity index is 464. The van der Waals surface area contributed by atoms with Gasteiger partial charge in [0.25, 0.3) is 0 Å². The third kappa shape index (κ3) is 9.24. The Hall–Kier alpha value is -1.10. The molecular weight excluding hydrogens is 336 g/mol. The molecule has 0 spiro atoms. The monoisotopic (exact) mass is 368 g/mol. The van der Waals surface area contributed by atoms with E-state index in [9.17, 15) is 4.79 Å². The van der Waals surface area contributed by atoms with Crippen molar-refractivity contribution < 1.29 is 9.53 Å². The van der Waals surface area contributed by atoms with Crippen molar-refractivity contribution in [2.75, 3.05) is 32.8 Å². The zero-order valence-corrected chi connectivity index (χ0v) is 16.2. The van der Waals surface area contributed by atoms with Crippen LogP contribution in [-0.4, -0.2) is 38.8 Å². The topological polar surface area (TPSA) is 50.4 Å². The molecule has 1 aliphatic rings. The lowest BCUT2D eigenvalue weighted by atomic mass is 9.85. The van der Waals surface area contributed by atoms with Crippen molar-refractivity contribution in [2.45, 2.75) is 39.0 Å². The minimum atomic E-state index is 0. The van der Waals surface area contributed by atoms with E-state index < -0.39 is 0 Å². The number of hydrogen-bond donors (Lipinski definition) is 2. The summed E-state index contributed by atoms with van der Waals surface area (Å²) in [7, 11) is 0. The number of halogens is 1. The minimum absolute atomic E-state index is 0. The van der Waals surface area contributed by atoms with Gasteiger partial charge < -0.3 is 15.4 Å². The third-order valence-electron chi connectivity index (χ3n) is 4.81. The van der Waals surface area contributed by atoms with Gasteiger partial charge in [0.15, 0.2) is 0 Å². The highest BCUT2D eigenvalue weighted by molar-refractivity contribution is 5.85. The molecule has 0 aliphatic carbocycles. The second-order valence-corrected chi connectivity index (χ2v) is 6.84. The molecule has 1 amide bonds. The second-order valence-electron chi connectivity index (χ2n) is 6.84. The number of rotatable bonds is 10. The van der Waals surface area contributed by atoms with Gasteiger partial charge in [0, 0.05) is 19.6 Å². The Morgan fingerprint density at radius 1 is 1.32 bits per heavy atom. The predicted octanol–water partition coefficient (Wildman–Crippen LogP) is 3.20. The van der Waals surface area contributed by atoms with Gasteiger partial charge in [-0.1, -0.05) is 37.3 Å². The molecule has 0 aromatic heterocycles. The Morgan fingerprint density at radius 2 is 2.12 bits per heavy atom. The molecule has 2 atom stereocenters. The predicted molar refractivity (Wildman–Crippen MR) is 105 cm³/mol. The first-order chi connectivity index (χ1) is 11.8. The van der Waals surface area contributed by atoms with Crippen LogP contribution in [0, 0.1) is 11.8 Å². The van der Waals surface area contributed by atoms with Gasteiger partial charge in [-0.2, -0.15) is 0 Å². The molecule has 142 valence electrons. The number of piperidine rings is 1. The van der Waals surface area contributed by atoms with E-state index in [4.69, 9.17) is 4.74 Å². The van der Waals surface area contributed by atoms with E-state index in [2.05, 4.69) is 41.8 Å². The lowest BCUT2D eigenvalue weighted by molar-refractivity contribution is -0.122. The van der Waals surface area contributed by atoms with Crippen molar-refractivity contribution in [2.24, 2.45) is 11.8 Å². The maximum atomic E-state index is 12.0. The molecule has 1 aromatic carbocycles. The van der Waals surface area contributed by atoms with Crippen molar-refractivity contribution >= 4 is 18.3 Å². The fourth-order valence-electron chi connectivity index (χ4n) is 3.23. The molecular formula is C20H33ClN2O2. The highest BCUT2D eigenvalue weighted by atomic mass is 35.5. The summed E-state index contributed by atoms with van der Waals surface area (Å²) in [6.07, 6.45) is 4.94. The first kappa shape index (κ1) is 21.9. The standard InChI is InChI=1S/C20H32N2O2.ClH/c1-17(19-9-5-11-21-16-19)15-20(23)22-12-6-13-24-14-10-18-7-3-2-4-8-18;/h2-4,7-8,17,19,21H,5-6,9-16H2,1H3,(H,22,23);1H. The van der Waals surface area contributed by atoms with E-state index >= 15 is 0 Å². The van der Waals surface area contributed by atoms with Gasteiger partial charge in [0.2, 0.25) is 5.91 Å². The van der Waals surface area contributed by atoms with Gasteiger partial charge in [-0.3, -0.25) is 4.79 Å². The first-order valence-electron chi connectivity index (χ1n) is 9.35. The lowest BCUT2D eigenvalue weighted by Crippen LogP contribution is -2.35. The Balaban J connectivity index is 0.00000312. The summed E-state index contributed by atoms with van der Waals surface area (Å²) in [5, 5.41) is 6.45. The smallest absolute Gasteiger partial charge is 0.220 e. The third-order valence-corrected chi connectivity index (χ3v) is 4.81. The van der Waals surface area contributed by atoms with E-state index in [-0.39, 0.29) is 18.3 Å². The summed E-state index contributed by atoms with van der Waals surface area (Å²) in [5.74, 6) is 1.28. The molecule has 2 unspecified atom stereocenters. The van der Waals surface area contributed by atoms with Gasteiger partial charge in [-0.05, 0) is 56.2 Å². The lowest BCUT2D eigenvalue weighted by Gasteiger charge is -2.28. The van der Waals surface area contributed by atoms with Crippen LogP contribution < -0.4 is 10.6 Å². The van der Waals surface area contributed by atoms with Crippen LogP contribution in [-0.2, 0) is 16.0 Å². The molecule has 1 heterocycles. The molecule has 1 aromatic rings. The number of ether oxygens (including phenoxy) is 1. The van der Waals surface area contributed by atoms with Crippen molar-refractivity contribution in [1.29, 1.82) is 0 Å². The zero-order chi connectivity index (χ0) is 17.0. The van der Waals surface area contributed by atoms with Crippen LogP contribution in [0.4, 0.5) is 0 Å². The SMILES string of the molecule is CC(CC(=O)NCCCOCCc1ccccc1)C1CCCNC1.Cl. The summed E-state index contributed by atoms with van der Waals surface area (Å²) in [6.45, 7) is 6.53. The summed E-state index contributed by atoms with van der Waals surface area (Å²) in [5.41, 5.74) is 1.30. The first-order valence-corrected chi connectivity index (χ1v) is 9.35. The van der Waals surface area contributed by atoms with E-state index in [0.29, 0.717) is 31.4 Å². The number of carbonyl (C=O) groups excluding carboxylic acids is 1. The number of amides is 1. The largest absolute Gasteiger partial charge is 0.381 e. The van der Waals surface area contributed by atoms with Crippen LogP contribution in [0.15, 0.2) is 30.3 Å². The molecule has 2 N–H and O–H groups in total. The fourth-order valence-corrected chi connectivity index (χ4v) is 3.23. The van der Waals surface area contributed by atoms with Crippen molar-refractivity contribution in [1.82, 2.24) is 10.6 Å². The molecule has 1 aliphatic heterocycles. The number of nitrogens with one attached hydrogen (secondary N) is 2. The fraction of sp³-hybridized carbons (Fsp3) is 0.650. The van der Waals surface area contributed by atoms with Crippen molar-refractivity contribution in [3.8, 4) is 0 Å². The van der Waals surface area contributed by atoms with E-state index in [1.54, 1.807) is 0 Å². The normalized spacial score (nSPS) is 18.2. The molecule has 0 radical (unpaired) electrons. The summed E-state index contributed by atoms with van der Waals surface area (Å²) < 4.78 is 5.64. The number of benzene rings is 1. The molecule has 1 fully saturated rings. The quantitative estimate of drug-likeness (QED) is 0.623. The number of hydrogen-bond acceptors (Lipinski definition) is 3. The van der Waals surface area contributed by atoms with Crippen LogP contribution >= 0.6 is 12.4 Å². The van der Waals surface area contributed by atoms with Gasteiger partial charge in [-0.25, -0.2) is 0 Å². The van der Waals surface area contributed by atoms with Crippen LogP contribution in [0.3, 0.4) is 0 Å². The Morgan fingerprint density at radius 3 is 2.84 bits per heavy atom. The molecule has 0 bridgehead atoms. The van der Waals surface area contributed by atoms with Crippen LogP contribution in [0.25, 0.3) is 0 Å². The zero-order valence-electron chi connectivity index (χ0n) is 15.3. The van der Waals surface area contributed by atoms with Crippen molar-refractivity contribution in [3.05, 3.63) is 35.9 Å². The number of carbonyl (C=O) groups is 1. The van der Waals surface area contributed by atoms with Gasteiger partial charge in [0.1, 0.15) is 0 Å². The van der Waals surface area contributed by atoms with Crippen molar-refractivity contribution in [3.63, 3.8) is 0 Å². The molecule has 5 heteroatoms. The van der Waals surface area contributed by atoms with E-state index in [0.717, 1.165) is 32.5 Å². The molecule has 2 rings (SSSR count). The summed E-state index contributed by atoms with van der Waals surface area (Å²) in [4.78, 5) is 12.0. The van der Waals surface area contributed by atoms with Crippen LogP contribution in [0.5, 0.6) is 0 Å². The average Bonchev–Trinajstić information content (AvgIpc) is 2.62. The molecule has 4 nitrogen and oxygen atoms in total. The molecule has 25 heavy (non-hydrogen) atoms. The second kappa shape index (κ2) is 13.2. The van der Waals surface area contributed by atoms with Gasteiger partial charge >= 0.3 is 0 Å². The van der Waals surface area contributed by atoms with Crippen LogP contribution in [0.2, 0.25) is 0 Å². The molecule has 1 saturated heterocycles. The maximum Gasteiger partial charge on any atom is 0.220 e. The maximum absolute atomic E-state index is 12.0. The summed E-state index contributed by atoms with van der Waals surface area (Å²) in [6, 6.07) is 10.4. The van der Waals surface area contributed by atoms with Gasteiger partial charge in [-0.15, -0.1) is 12.4 Å². The molecule has 0 saturated carbocycles. The van der Waals surface area contributed by atoms with Crippen LogP contribution in [0.1, 0.15) is 38.2 Å².